The van der Waals surface area contributed by atoms with Crippen molar-refractivity contribution in [2.24, 2.45) is 0 Å². The molecule has 0 spiro atoms. The highest BCUT2D eigenvalue weighted by atomic mass is 16.5. The van der Waals surface area contributed by atoms with Gasteiger partial charge in [0, 0.05) is 42.7 Å². The van der Waals surface area contributed by atoms with Crippen LogP contribution in [0.15, 0.2) is 74.0 Å². The molecule has 1 saturated heterocycles. The summed E-state index contributed by atoms with van der Waals surface area (Å²) in [5.74, 6) is 2.16. The summed E-state index contributed by atoms with van der Waals surface area (Å²) >= 11 is 0. The van der Waals surface area contributed by atoms with Crippen LogP contribution in [0.5, 0.6) is 11.5 Å². The van der Waals surface area contributed by atoms with Crippen molar-refractivity contribution in [2.45, 2.75) is 25.7 Å². The number of fused-ring (bicyclic) bond motifs is 2. The predicted octanol–water partition coefficient (Wildman–Crippen LogP) is 4.80. The van der Waals surface area contributed by atoms with E-state index in [9.17, 15) is 4.79 Å². The van der Waals surface area contributed by atoms with Crippen molar-refractivity contribution in [2.75, 3.05) is 18.4 Å². The normalized spacial score (nSPS) is 15.5. The van der Waals surface area contributed by atoms with Crippen molar-refractivity contribution in [1.82, 2.24) is 34.4 Å². The second-order valence-corrected chi connectivity index (χ2v) is 9.29. The van der Waals surface area contributed by atoms with Gasteiger partial charge in [-0.1, -0.05) is 6.58 Å². The van der Waals surface area contributed by atoms with Crippen LogP contribution in [0.3, 0.4) is 0 Å². The fourth-order valence-electron chi connectivity index (χ4n) is 4.79. The van der Waals surface area contributed by atoms with E-state index in [-0.39, 0.29) is 11.8 Å². The fraction of sp³-hybridized carbons (Fsp3) is 0.214. The van der Waals surface area contributed by atoms with E-state index in [4.69, 9.17) is 9.72 Å². The summed E-state index contributed by atoms with van der Waals surface area (Å²) in [7, 11) is 0. The second kappa shape index (κ2) is 9.89. The first kappa shape index (κ1) is 23.5. The molecule has 4 aromatic heterocycles. The van der Waals surface area contributed by atoms with E-state index in [0.717, 1.165) is 47.6 Å². The summed E-state index contributed by atoms with van der Waals surface area (Å²) in [5, 5.41) is 7.51. The molecule has 0 radical (unpaired) electrons. The number of carbonyl (C=O) groups excluding carboxylic acids is 1. The van der Waals surface area contributed by atoms with Gasteiger partial charge < -0.3 is 15.0 Å². The third kappa shape index (κ3) is 4.63. The van der Waals surface area contributed by atoms with Gasteiger partial charge in [-0.15, -0.1) is 0 Å². The maximum absolute atomic E-state index is 12.2. The molecule has 5 aromatic rings. The first-order valence-electron chi connectivity index (χ1n) is 12.5. The summed E-state index contributed by atoms with van der Waals surface area (Å²) in [4.78, 5) is 32.0. The number of hydrogen-bond donors (Lipinski definition) is 1. The third-order valence-corrected chi connectivity index (χ3v) is 6.75. The number of pyridine rings is 2. The van der Waals surface area contributed by atoms with E-state index in [1.54, 1.807) is 4.52 Å². The van der Waals surface area contributed by atoms with Gasteiger partial charge in [0.25, 0.3) is 0 Å². The van der Waals surface area contributed by atoms with Gasteiger partial charge in [0.05, 0.1) is 5.52 Å². The van der Waals surface area contributed by atoms with Crippen molar-refractivity contribution in [3.63, 3.8) is 0 Å². The molecule has 6 rings (SSSR count). The van der Waals surface area contributed by atoms with E-state index >= 15 is 0 Å². The van der Waals surface area contributed by atoms with E-state index in [1.807, 2.05) is 60.5 Å². The molecule has 1 aliphatic heterocycles. The number of nitrogens with one attached hydrogen (secondary N) is 1. The molecular weight excluding hydrogens is 480 g/mol. The number of anilines is 2. The predicted molar refractivity (Wildman–Crippen MR) is 144 cm³/mol. The molecule has 1 N–H and O–H groups in total. The standard InChI is InChI=1S/C28H26N8O2/c1-3-26(37)35-11-4-5-19(15-35)22-7-8-23-27(34-22)28(31-16-29-23)33-20-6-9-24(18(2)13-20)38-21-10-12-36-25(14-21)30-17-32-36/h3,6-10,12-14,16-17,19H,1,4-5,11,15H2,2H3,(H,29,31,33)/t19-/m1/s1. The lowest BCUT2D eigenvalue weighted by atomic mass is 9.94. The fourth-order valence-corrected chi connectivity index (χ4v) is 4.79. The maximum Gasteiger partial charge on any atom is 0.245 e. The summed E-state index contributed by atoms with van der Waals surface area (Å²) in [5.41, 5.74) is 4.90. The lowest BCUT2D eigenvalue weighted by Gasteiger charge is -2.31. The number of carbonyl (C=O) groups is 1. The SMILES string of the molecule is C=CC(=O)N1CCC[C@@H](c2ccc3ncnc(Nc4ccc(Oc5ccn6ncnc6c5)c(C)c4)c3n2)C1. The van der Waals surface area contributed by atoms with Crippen LogP contribution in [-0.2, 0) is 4.79 Å². The van der Waals surface area contributed by atoms with Crippen LogP contribution in [0.4, 0.5) is 11.5 Å². The molecule has 0 unspecified atom stereocenters. The lowest BCUT2D eigenvalue weighted by molar-refractivity contribution is -0.127. The molecule has 0 aliphatic carbocycles. The Labute approximate surface area is 219 Å². The molecule has 1 aliphatic rings. The Kier molecular flexibility index (Phi) is 6.12. The average Bonchev–Trinajstić information content (AvgIpc) is 3.42. The quantitative estimate of drug-likeness (QED) is 0.327. The highest BCUT2D eigenvalue weighted by Crippen LogP contribution is 2.31. The van der Waals surface area contributed by atoms with Crippen molar-refractivity contribution in [3.05, 3.63) is 85.2 Å². The lowest BCUT2D eigenvalue weighted by Crippen LogP contribution is -2.38. The van der Waals surface area contributed by atoms with E-state index in [1.165, 1.54) is 18.7 Å². The molecule has 1 atom stereocenters. The molecule has 5 heterocycles. The van der Waals surface area contributed by atoms with Crippen molar-refractivity contribution in [3.8, 4) is 11.5 Å². The Morgan fingerprint density at radius 3 is 2.92 bits per heavy atom. The number of ether oxygens (including phenoxy) is 1. The Bertz CT molecular complexity index is 1660. The van der Waals surface area contributed by atoms with Gasteiger partial charge in [0.1, 0.15) is 29.7 Å². The van der Waals surface area contributed by atoms with E-state index in [0.29, 0.717) is 29.3 Å². The van der Waals surface area contributed by atoms with Crippen molar-refractivity contribution < 1.29 is 9.53 Å². The largest absolute Gasteiger partial charge is 0.457 e. The van der Waals surface area contributed by atoms with Crippen LogP contribution < -0.4 is 10.1 Å². The minimum Gasteiger partial charge on any atom is -0.457 e. The molecule has 10 heteroatoms. The van der Waals surface area contributed by atoms with Crippen LogP contribution in [0.25, 0.3) is 16.7 Å². The Morgan fingerprint density at radius 2 is 2.05 bits per heavy atom. The topological polar surface area (TPSA) is 110 Å². The first-order chi connectivity index (χ1) is 18.6. The number of piperidine rings is 1. The number of rotatable bonds is 6. The smallest absolute Gasteiger partial charge is 0.245 e. The van der Waals surface area contributed by atoms with Crippen LogP contribution >= 0.6 is 0 Å². The number of aromatic nitrogens is 6. The Hall–Kier alpha value is -4.86. The Morgan fingerprint density at radius 1 is 1.13 bits per heavy atom. The number of benzene rings is 1. The zero-order chi connectivity index (χ0) is 26.1. The summed E-state index contributed by atoms with van der Waals surface area (Å²) < 4.78 is 7.78. The minimum atomic E-state index is -0.0388. The summed E-state index contributed by atoms with van der Waals surface area (Å²) in [6.07, 6.45) is 8.13. The molecule has 10 nitrogen and oxygen atoms in total. The summed E-state index contributed by atoms with van der Waals surface area (Å²) in [6, 6.07) is 13.5. The van der Waals surface area contributed by atoms with Gasteiger partial charge in [0.2, 0.25) is 5.91 Å². The highest BCUT2D eigenvalue weighted by Gasteiger charge is 2.25. The van der Waals surface area contributed by atoms with Crippen LogP contribution in [-0.4, -0.2) is 53.4 Å². The van der Waals surface area contributed by atoms with Crippen LogP contribution in [0, 0.1) is 6.92 Å². The number of nitrogens with zero attached hydrogens (tertiary/aromatic N) is 7. The number of aryl methyl sites for hydroxylation is 1. The zero-order valence-corrected chi connectivity index (χ0v) is 20.9. The van der Waals surface area contributed by atoms with Gasteiger partial charge >= 0.3 is 0 Å². The average molecular weight is 507 g/mol. The van der Waals surface area contributed by atoms with Gasteiger partial charge in [-0.25, -0.2) is 24.5 Å². The molecule has 1 fully saturated rings. The second-order valence-electron chi connectivity index (χ2n) is 9.29. The van der Waals surface area contributed by atoms with Gasteiger partial charge in [0.15, 0.2) is 11.5 Å². The van der Waals surface area contributed by atoms with Crippen molar-refractivity contribution in [1.29, 1.82) is 0 Å². The van der Waals surface area contributed by atoms with Gasteiger partial charge in [-0.3, -0.25) is 4.79 Å². The molecule has 190 valence electrons. The summed E-state index contributed by atoms with van der Waals surface area (Å²) in [6.45, 7) is 6.99. The molecule has 1 aromatic carbocycles. The van der Waals surface area contributed by atoms with E-state index < -0.39 is 0 Å². The monoisotopic (exact) mass is 506 g/mol. The number of amides is 1. The molecule has 38 heavy (non-hydrogen) atoms. The van der Waals surface area contributed by atoms with Crippen LogP contribution in [0.1, 0.15) is 30.0 Å². The molecular formula is C28H26N8O2. The van der Waals surface area contributed by atoms with Gasteiger partial charge in [-0.2, -0.15) is 5.10 Å². The molecule has 1 amide bonds. The molecule has 0 saturated carbocycles. The number of likely N-dealkylation sites (tertiary alicyclic amines) is 1. The van der Waals surface area contributed by atoms with E-state index in [2.05, 4.69) is 31.9 Å². The van der Waals surface area contributed by atoms with Crippen LogP contribution in [0.2, 0.25) is 0 Å². The molecule has 0 bridgehead atoms. The number of hydrogen-bond acceptors (Lipinski definition) is 8. The minimum absolute atomic E-state index is 0.0388. The maximum atomic E-state index is 12.2. The zero-order valence-electron chi connectivity index (χ0n) is 20.9. The van der Waals surface area contributed by atoms with Gasteiger partial charge in [-0.05, 0) is 67.8 Å². The first-order valence-corrected chi connectivity index (χ1v) is 12.5. The Balaban J connectivity index is 1.24. The third-order valence-electron chi connectivity index (χ3n) is 6.75. The van der Waals surface area contributed by atoms with Crippen molar-refractivity contribution >= 4 is 34.1 Å². The highest BCUT2D eigenvalue weighted by molar-refractivity contribution is 5.88.